The molecule has 1 aromatic carbocycles. The lowest BCUT2D eigenvalue weighted by molar-refractivity contribution is 0.235. The van der Waals surface area contributed by atoms with Crippen LogP contribution in [0.4, 0.5) is 0 Å². The molecule has 132 valence electrons. The highest BCUT2D eigenvalue weighted by molar-refractivity contribution is 5.80. The first-order valence-corrected chi connectivity index (χ1v) is 9.56. The number of rotatable bonds is 5. The average Bonchev–Trinajstić information content (AvgIpc) is 3.32. The minimum Gasteiger partial charge on any atom is -0.355 e. The maximum atomic E-state index is 4.54. The van der Waals surface area contributed by atoms with E-state index in [1.165, 1.54) is 44.3 Å². The predicted molar refractivity (Wildman–Crippen MR) is 102 cm³/mol. The van der Waals surface area contributed by atoms with Gasteiger partial charge in [-0.3, -0.25) is 9.89 Å². The number of guanidine groups is 1. The van der Waals surface area contributed by atoms with Gasteiger partial charge in [0.2, 0.25) is 0 Å². The van der Waals surface area contributed by atoms with Crippen LogP contribution in [0.5, 0.6) is 0 Å². The summed E-state index contributed by atoms with van der Waals surface area (Å²) in [7, 11) is 1.91. The molecule has 2 atom stereocenters. The van der Waals surface area contributed by atoms with Gasteiger partial charge in [0.05, 0.1) is 0 Å². The van der Waals surface area contributed by atoms with Gasteiger partial charge in [0, 0.05) is 38.6 Å². The Labute approximate surface area is 146 Å². The highest BCUT2D eigenvalue weighted by atomic mass is 15.3. The summed E-state index contributed by atoms with van der Waals surface area (Å²) in [6, 6.07) is 11.5. The number of nitrogens with zero attached hydrogens (tertiary/aromatic N) is 3. The van der Waals surface area contributed by atoms with Crippen molar-refractivity contribution in [3.05, 3.63) is 35.9 Å². The molecule has 2 aliphatic heterocycles. The fourth-order valence-electron chi connectivity index (χ4n) is 4.13. The molecule has 0 amide bonds. The molecule has 4 nitrogen and oxygen atoms in total. The molecule has 2 heterocycles. The molecule has 1 N–H and O–H groups in total. The van der Waals surface area contributed by atoms with Gasteiger partial charge in [-0.2, -0.15) is 0 Å². The standard InChI is InChI=1S/C20H32N4/c1-3-19(23-12-7-8-13-23)15-22-20(21-2)24-14-11-18(16-24)17-9-5-4-6-10-17/h4-6,9-10,18-19H,3,7-8,11-16H2,1-2H3,(H,21,22). The van der Waals surface area contributed by atoms with Gasteiger partial charge >= 0.3 is 0 Å². The molecule has 0 saturated carbocycles. The Morgan fingerprint density at radius 3 is 2.62 bits per heavy atom. The quantitative estimate of drug-likeness (QED) is 0.666. The Morgan fingerprint density at radius 2 is 1.96 bits per heavy atom. The monoisotopic (exact) mass is 328 g/mol. The van der Waals surface area contributed by atoms with Crippen LogP contribution in [0.3, 0.4) is 0 Å². The summed E-state index contributed by atoms with van der Waals surface area (Å²) in [5, 5.41) is 3.65. The number of nitrogens with one attached hydrogen (secondary N) is 1. The van der Waals surface area contributed by atoms with E-state index < -0.39 is 0 Å². The zero-order chi connectivity index (χ0) is 16.8. The Balaban J connectivity index is 1.53. The molecule has 3 rings (SSSR count). The van der Waals surface area contributed by atoms with Gasteiger partial charge < -0.3 is 10.2 Å². The Bertz CT molecular complexity index is 522. The van der Waals surface area contributed by atoms with E-state index in [9.17, 15) is 0 Å². The zero-order valence-corrected chi connectivity index (χ0v) is 15.2. The van der Waals surface area contributed by atoms with Gasteiger partial charge in [-0.25, -0.2) is 0 Å². The van der Waals surface area contributed by atoms with Crippen LogP contribution in [0.2, 0.25) is 0 Å². The fourth-order valence-corrected chi connectivity index (χ4v) is 4.13. The van der Waals surface area contributed by atoms with E-state index in [1.807, 2.05) is 7.05 Å². The third-order valence-corrected chi connectivity index (χ3v) is 5.59. The van der Waals surface area contributed by atoms with Crippen molar-refractivity contribution < 1.29 is 0 Å². The van der Waals surface area contributed by atoms with E-state index >= 15 is 0 Å². The van der Waals surface area contributed by atoms with Crippen LogP contribution in [0.1, 0.15) is 44.1 Å². The van der Waals surface area contributed by atoms with Gasteiger partial charge in [-0.05, 0) is 44.3 Å². The van der Waals surface area contributed by atoms with E-state index in [0.29, 0.717) is 12.0 Å². The van der Waals surface area contributed by atoms with Crippen LogP contribution in [0, 0.1) is 0 Å². The molecule has 0 radical (unpaired) electrons. The van der Waals surface area contributed by atoms with Crippen molar-refractivity contribution in [1.82, 2.24) is 15.1 Å². The molecule has 0 bridgehead atoms. The second-order valence-electron chi connectivity index (χ2n) is 7.08. The van der Waals surface area contributed by atoms with E-state index in [1.54, 1.807) is 0 Å². The SMILES string of the molecule is CCC(CNC(=NC)N1CCC(c2ccccc2)C1)N1CCCC1. The molecule has 0 aliphatic carbocycles. The highest BCUT2D eigenvalue weighted by Crippen LogP contribution is 2.26. The Morgan fingerprint density at radius 1 is 1.21 bits per heavy atom. The maximum Gasteiger partial charge on any atom is 0.193 e. The lowest BCUT2D eigenvalue weighted by atomic mass is 9.99. The average molecular weight is 329 g/mol. The molecular weight excluding hydrogens is 296 g/mol. The van der Waals surface area contributed by atoms with Gasteiger partial charge in [-0.15, -0.1) is 0 Å². The van der Waals surface area contributed by atoms with Crippen LogP contribution in [-0.4, -0.2) is 61.6 Å². The van der Waals surface area contributed by atoms with Gasteiger partial charge in [0.1, 0.15) is 0 Å². The normalized spacial score (nSPS) is 23.7. The first-order chi connectivity index (χ1) is 11.8. The first kappa shape index (κ1) is 17.3. The van der Waals surface area contributed by atoms with Crippen LogP contribution < -0.4 is 5.32 Å². The number of likely N-dealkylation sites (tertiary alicyclic amines) is 2. The summed E-state index contributed by atoms with van der Waals surface area (Å²) in [6.07, 6.45) is 5.14. The molecule has 2 fully saturated rings. The molecule has 0 aromatic heterocycles. The number of benzene rings is 1. The summed E-state index contributed by atoms with van der Waals surface area (Å²) < 4.78 is 0. The lowest BCUT2D eigenvalue weighted by Crippen LogP contribution is -2.47. The summed E-state index contributed by atoms with van der Waals surface area (Å²) in [6.45, 7) is 8.01. The zero-order valence-electron chi connectivity index (χ0n) is 15.2. The van der Waals surface area contributed by atoms with E-state index in [0.717, 1.165) is 25.6 Å². The number of aliphatic imine (C=N–C) groups is 1. The second kappa shape index (κ2) is 8.52. The van der Waals surface area contributed by atoms with Crippen LogP contribution in [0.15, 0.2) is 35.3 Å². The van der Waals surface area contributed by atoms with Crippen molar-refractivity contribution in [3.63, 3.8) is 0 Å². The van der Waals surface area contributed by atoms with Crippen LogP contribution in [-0.2, 0) is 0 Å². The molecular formula is C20H32N4. The maximum absolute atomic E-state index is 4.54. The van der Waals surface area contributed by atoms with E-state index in [4.69, 9.17) is 0 Å². The molecule has 24 heavy (non-hydrogen) atoms. The topological polar surface area (TPSA) is 30.9 Å². The van der Waals surface area contributed by atoms with E-state index in [-0.39, 0.29) is 0 Å². The van der Waals surface area contributed by atoms with Crippen LogP contribution in [0.25, 0.3) is 0 Å². The van der Waals surface area contributed by atoms with Crippen molar-refractivity contribution in [2.75, 3.05) is 39.8 Å². The molecule has 2 saturated heterocycles. The minimum atomic E-state index is 0.630. The summed E-state index contributed by atoms with van der Waals surface area (Å²) in [5.74, 6) is 1.70. The van der Waals surface area contributed by atoms with Crippen molar-refractivity contribution in [3.8, 4) is 0 Å². The second-order valence-corrected chi connectivity index (χ2v) is 7.08. The Kier molecular flexibility index (Phi) is 6.13. The van der Waals surface area contributed by atoms with Crippen molar-refractivity contribution in [2.24, 2.45) is 4.99 Å². The Hall–Kier alpha value is -1.55. The fraction of sp³-hybridized carbons (Fsp3) is 0.650. The number of hydrogen-bond acceptors (Lipinski definition) is 2. The van der Waals surface area contributed by atoms with E-state index in [2.05, 4.69) is 57.4 Å². The molecule has 2 unspecified atom stereocenters. The van der Waals surface area contributed by atoms with Gasteiger partial charge in [-0.1, -0.05) is 37.3 Å². The molecule has 4 heteroatoms. The predicted octanol–water partition coefficient (Wildman–Crippen LogP) is 2.93. The number of hydrogen-bond donors (Lipinski definition) is 1. The van der Waals surface area contributed by atoms with Gasteiger partial charge in [0.15, 0.2) is 5.96 Å². The third kappa shape index (κ3) is 4.10. The van der Waals surface area contributed by atoms with Crippen molar-refractivity contribution in [1.29, 1.82) is 0 Å². The molecule has 2 aliphatic rings. The third-order valence-electron chi connectivity index (χ3n) is 5.59. The molecule has 1 aromatic rings. The lowest BCUT2D eigenvalue weighted by Gasteiger charge is -2.29. The summed E-state index contributed by atoms with van der Waals surface area (Å²) in [4.78, 5) is 9.60. The largest absolute Gasteiger partial charge is 0.355 e. The minimum absolute atomic E-state index is 0.630. The molecule has 0 spiro atoms. The first-order valence-electron chi connectivity index (χ1n) is 9.56. The summed E-state index contributed by atoms with van der Waals surface area (Å²) in [5.41, 5.74) is 1.46. The van der Waals surface area contributed by atoms with Crippen molar-refractivity contribution >= 4 is 5.96 Å². The van der Waals surface area contributed by atoms with Crippen molar-refractivity contribution in [2.45, 2.75) is 44.6 Å². The van der Waals surface area contributed by atoms with Crippen LogP contribution >= 0.6 is 0 Å². The smallest absolute Gasteiger partial charge is 0.193 e. The van der Waals surface area contributed by atoms with Gasteiger partial charge in [0.25, 0.3) is 0 Å². The highest BCUT2D eigenvalue weighted by Gasteiger charge is 2.27. The summed E-state index contributed by atoms with van der Waals surface area (Å²) >= 11 is 0.